The van der Waals surface area contributed by atoms with E-state index in [1.807, 2.05) is 21.1 Å². The highest BCUT2D eigenvalue weighted by Gasteiger charge is 2.25. The molecule has 0 rings (SSSR count). The molecule has 0 fully saturated rings. The summed E-state index contributed by atoms with van der Waals surface area (Å²) >= 11 is 0. The molecule has 0 aliphatic rings. The molecule has 0 saturated carbocycles. The minimum atomic E-state index is -1.51. The summed E-state index contributed by atoms with van der Waals surface area (Å²) in [5.74, 6) is -1.97. The highest BCUT2D eigenvalue weighted by Crippen LogP contribution is 2.20. The van der Waals surface area contributed by atoms with Crippen molar-refractivity contribution in [3.05, 3.63) is 60.8 Å². The number of nitrogens with zero attached hydrogens (tertiary/aromatic N) is 1. The molecule has 0 heterocycles. The number of quaternary nitrogens is 1. The number of allylic oxidation sites excluding steroid dienone is 10. The van der Waals surface area contributed by atoms with Crippen LogP contribution < -0.4 is 0 Å². The van der Waals surface area contributed by atoms with Gasteiger partial charge in [0, 0.05) is 12.8 Å². The highest BCUT2D eigenvalue weighted by atomic mass is 16.7. The number of carbonyl (C=O) groups excluding carboxylic acids is 2. The van der Waals surface area contributed by atoms with Crippen molar-refractivity contribution in [1.82, 2.24) is 0 Å². The van der Waals surface area contributed by atoms with Crippen molar-refractivity contribution in [1.29, 1.82) is 0 Å². The fraction of sp³-hybridized carbons (Fsp3) is 0.840. The van der Waals surface area contributed by atoms with E-state index in [9.17, 15) is 19.5 Å². The zero-order chi connectivity index (χ0) is 65.4. The van der Waals surface area contributed by atoms with Crippen molar-refractivity contribution >= 4 is 17.9 Å². The van der Waals surface area contributed by atoms with Crippen LogP contribution in [0.1, 0.15) is 380 Å². The lowest BCUT2D eigenvalue weighted by atomic mass is 10.0. The molecular formula is C81H150NO8+. The third-order valence-corrected chi connectivity index (χ3v) is 17.5. The lowest BCUT2D eigenvalue weighted by Gasteiger charge is -2.25. The van der Waals surface area contributed by atoms with Crippen LogP contribution in [-0.4, -0.2) is 87.4 Å². The summed E-state index contributed by atoms with van der Waals surface area (Å²) in [5, 5.41) is 9.77. The summed E-state index contributed by atoms with van der Waals surface area (Å²) in [6.45, 7) is 4.84. The Morgan fingerprint density at radius 3 is 0.944 bits per heavy atom. The first kappa shape index (κ1) is 87.0. The molecule has 0 aliphatic heterocycles. The van der Waals surface area contributed by atoms with Gasteiger partial charge < -0.3 is 28.5 Å². The predicted molar refractivity (Wildman–Crippen MR) is 387 cm³/mol. The zero-order valence-corrected chi connectivity index (χ0v) is 60.3. The predicted octanol–water partition coefficient (Wildman–Crippen LogP) is 24.6. The fourth-order valence-corrected chi connectivity index (χ4v) is 11.6. The van der Waals surface area contributed by atoms with Gasteiger partial charge in [-0.1, -0.05) is 370 Å². The monoisotopic (exact) mass is 1270 g/mol. The Labute approximate surface area is 558 Å². The SMILES string of the molecule is CC/C=C\C/C=C\C/C=C\C/C=C\C/C=C\CCCCCCCCCCCCCCCCCCCCCCCCCC(=O)OC(COC(=O)CCCCCCCCCCCCCCCCCCCCCCCCCCCC)COC(OCC[N+](C)(C)C)C(=O)O. The maximum Gasteiger partial charge on any atom is 0.361 e. The number of likely N-dealkylation sites (N-methyl/N-ethyl adjacent to an activating group) is 1. The van der Waals surface area contributed by atoms with Gasteiger partial charge in [0.2, 0.25) is 0 Å². The van der Waals surface area contributed by atoms with Crippen molar-refractivity contribution in [3.8, 4) is 0 Å². The summed E-state index contributed by atoms with van der Waals surface area (Å²) in [4.78, 5) is 37.7. The van der Waals surface area contributed by atoms with Crippen molar-refractivity contribution in [2.75, 3.05) is 47.5 Å². The van der Waals surface area contributed by atoms with Gasteiger partial charge in [-0.3, -0.25) is 9.59 Å². The van der Waals surface area contributed by atoms with Crippen LogP contribution in [0.15, 0.2) is 60.8 Å². The normalized spacial score (nSPS) is 12.9. The van der Waals surface area contributed by atoms with Gasteiger partial charge in [-0.2, -0.15) is 0 Å². The lowest BCUT2D eigenvalue weighted by molar-refractivity contribution is -0.870. The molecule has 0 aliphatic carbocycles. The number of carboxylic acid groups (broad SMARTS) is 1. The van der Waals surface area contributed by atoms with Gasteiger partial charge in [0.05, 0.1) is 34.4 Å². The van der Waals surface area contributed by atoms with E-state index >= 15 is 0 Å². The minimum Gasteiger partial charge on any atom is -0.477 e. The lowest BCUT2D eigenvalue weighted by Crippen LogP contribution is -2.40. The van der Waals surface area contributed by atoms with Gasteiger partial charge in [0.15, 0.2) is 6.10 Å². The summed E-state index contributed by atoms with van der Waals surface area (Å²) in [5.41, 5.74) is 0. The van der Waals surface area contributed by atoms with Crippen molar-refractivity contribution in [3.63, 3.8) is 0 Å². The first-order chi connectivity index (χ1) is 44.1. The maximum atomic E-state index is 13.0. The molecule has 9 nitrogen and oxygen atoms in total. The third kappa shape index (κ3) is 72.4. The molecule has 0 spiro atoms. The second-order valence-electron chi connectivity index (χ2n) is 27.7. The van der Waals surface area contributed by atoms with Crippen molar-refractivity contribution in [2.45, 2.75) is 392 Å². The van der Waals surface area contributed by atoms with Gasteiger partial charge in [0.1, 0.15) is 13.2 Å². The molecule has 2 atom stereocenters. The first-order valence-corrected chi connectivity index (χ1v) is 39.0. The average Bonchev–Trinajstić information content (AvgIpc) is 3.65. The van der Waals surface area contributed by atoms with Gasteiger partial charge in [-0.05, 0) is 57.8 Å². The van der Waals surface area contributed by atoms with Crippen LogP contribution in [0.5, 0.6) is 0 Å². The number of aliphatic carboxylic acids is 1. The Morgan fingerprint density at radius 1 is 0.344 bits per heavy atom. The molecular weight excluding hydrogens is 1110 g/mol. The molecule has 90 heavy (non-hydrogen) atoms. The second kappa shape index (κ2) is 71.8. The van der Waals surface area contributed by atoms with E-state index in [1.165, 1.54) is 283 Å². The number of rotatable bonds is 73. The molecule has 2 unspecified atom stereocenters. The number of unbranched alkanes of at least 4 members (excludes halogenated alkanes) is 48. The summed E-state index contributed by atoms with van der Waals surface area (Å²) in [7, 11) is 6.00. The summed E-state index contributed by atoms with van der Waals surface area (Å²) in [6, 6.07) is 0. The van der Waals surface area contributed by atoms with Crippen LogP contribution >= 0.6 is 0 Å². The summed E-state index contributed by atoms with van der Waals surface area (Å²) in [6.07, 6.45) is 92.3. The average molecular weight is 1270 g/mol. The molecule has 0 saturated heterocycles. The number of hydrogen-bond donors (Lipinski definition) is 1. The van der Waals surface area contributed by atoms with Gasteiger partial charge in [0.25, 0.3) is 6.29 Å². The van der Waals surface area contributed by atoms with E-state index in [1.54, 1.807) is 0 Å². The minimum absolute atomic E-state index is 0.176. The van der Waals surface area contributed by atoms with E-state index in [2.05, 4.69) is 74.6 Å². The molecule has 0 aromatic rings. The van der Waals surface area contributed by atoms with Crippen LogP contribution in [0.3, 0.4) is 0 Å². The van der Waals surface area contributed by atoms with Crippen LogP contribution in [0.25, 0.3) is 0 Å². The van der Waals surface area contributed by atoms with E-state index < -0.39 is 18.4 Å². The highest BCUT2D eigenvalue weighted by molar-refractivity contribution is 5.71. The molecule has 0 radical (unpaired) electrons. The van der Waals surface area contributed by atoms with Crippen LogP contribution in [0, 0.1) is 0 Å². The Morgan fingerprint density at radius 2 is 0.633 bits per heavy atom. The molecule has 526 valence electrons. The largest absolute Gasteiger partial charge is 0.477 e. The molecule has 0 aromatic carbocycles. The fourth-order valence-electron chi connectivity index (χ4n) is 11.6. The summed E-state index contributed by atoms with van der Waals surface area (Å²) < 4.78 is 23.1. The standard InChI is InChI=1S/C81H149NO8/c1-6-8-10-12-14-16-18-20-22-24-26-28-30-32-34-35-36-37-38-39-40-41-42-43-44-45-46-48-50-52-54-56-58-60-62-64-66-68-70-72-79(84)90-77(76-89-81(80(85)86)87-74-73-82(3,4)5)75-88-78(83)71-69-67-65-63-61-59-57-55-53-51-49-47-33-31-29-27-25-23-21-19-17-15-13-11-9-7-2/h8,10,14,16,20,22,26,28,32,34,77,81H,6-7,9,11-13,15,17-19,21,23-25,27,29-31,33,35-76H2,1-5H3/p+1/b10-8-,16-14-,22-20-,28-26-,34-32-. The van der Waals surface area contributed by atoms with E-state index in [0.29, 0.717) is 17.4 Å². The Hall–Kier alpha value is -3.01. The van der Waals surface area contributed by atoms with Crippen LogP contribution in [0.2, 0.25) is 0 Å². The Balaban J connectivity index is 3.97. The van der Waals surface area contributed by atoms with Crippen molar-refractivity contribution in [2.24, 2.45) is 0 Å². The van der Waals surface area contributed by atoms with Gasteiger partial charge in [-0.25, -0.2) is 4.79 Å². The molecule has 0 bridgehead atoms. The second-order valence-corrected chi connectivity index (χ2v) is 27.7. The number of carbonyl (C=O) groups is 3. The van der Waals surface area contributed by atoms with Crippen molar-refractivity contribution < 1.29 is 42.9 Å². The maximum absolute atomic E-state index is 13.0. The molecule has 0 amide bonds. The Bertz CT molecular complexity index is 1660. The molecule has 0 aromatic heterocycles. The quantitative estimate of drug-likeness (QED) is 0.0211. The Kier molecular flexibility index (Phi) is 69.4. The number of carboxylic acids is 1. The first-order valence-electron chi connectivity index (χ1n) is 39.0. The van der Waals surface area contributed by atoms with E-state index in [-0.39, 0.29) is 38.2 Å². The zero-order valence-electron chi connectivity index (χ0n) is 60.3. The van der Waals surface area contributed by atoms with Gasteiger partial charge >= 0.3 is 17.9 Å². The third-order valence-electron chi connectivity index (χ3n) is 17.5. The molecule has 9 heteroatoms. The van der Waals surface area contributed by atoms with E-state index in [0.717, 1.165) is 70.6 Å². The molecule has 1 N–H and O–H groups in total. The number of hydrogen-bond acceptors (Lipinski definition) is 7. The number of esters is 2. The van der Waals surface area contributed by atoms with Gasteiger partial charge in [-0.15, -0.1) is 0 Å². The topological polar surface area (TPSA) is 108 Å². The van der Waals surface area contributed by atoms with Crippen LogP contribution in [-0.2, 0) is 33.3 Å². The number of ether oxygens (including phenoxy) is 4. The smallest absolute Gasteiger partial charge is 0.361 e. The van der Waals surface area contributed by atoms with Crippen LogP contribution in [0.4, 0.5) is 0 Å². The van der Waals surface area contributed by atoms with E-state index in [4.69, 9.17) is 18.9 Å².